The Morgan fingerprint density at radius 2 is 2.07 bits per heavy atom. The van der Waals surface area contributed by atoms with Gasteiger partial charge in [-0.3, -0.25) is 14.3 Å². The molecule has 3 aromatic heterocycles. The maximum absolute atomic E-state index is 13.1. The summed E-state index contributed by atoms with van der Waals surface area (Å²) in [5.74, 6) is 0.794. The minimum Gasteiger partial charge on any atom is -0.448 e. The molecule has 1 aliphatic heterocycles. The lowest BCUT2D eigenvalue weighted by Gasteiger charge is -2.11. The van der Waals surface area contributed by atoms with Crippen molar-refractivity contribution in [1.82, 2.24) is 29.4 Å². The van der Waals surface area contributed by atoms with E-state index in [1.165, 1.54) is 0 Å². The Labute approximate surface area is 171 Å². The molecule has 0 radical (unpaired) electrons. The van der Waals surface area contributed by atoms with Crippen LogP contribution in [0.15, 0.2) is 51.7 Å². The lowest BCUT2D eigenvalue weighted by atomic mass is 10.2. The monoisotopic (exact) mass is 400 g/mol. The first-order chi connectivity index (χ1) is 14.7. The molecule has 8 heteroatoms. The van der Waals surface area contributed by atoms with E-state index in [0.717, 1.165) is 47.3 Å². The summed E-state index contributed by atoms with van der Waals surface area (Å²) >= 11 is 0. The molecule has 30 heavy (non-hydrogen) atoms. The summed E-state index contributed by atoms with van der Waals surface area (Å²) < 4.78 is 9.45. The number of unbranched alkanes of at least 4 members (excludes halogenated alkanes) is 1. The van der Waals surface area contributed by atoms with E-state index in [9.17, 15) is 4.79 Å². The minimum atomic E-state index is -0.113. The molecular weight excluding hydrogens is 380 g/mol. The Bertz CT molecular complexity index is 1480. The van der Waals surface area contributed by atoms with Crippen molar-refractivity contribution in [2.24, 2.45) is 0 Å². The van der Waals surface area contributed by atoms with Crippen molar-refractivity contribution in [3.8, 4) is 5.69 Å². The molecule has 0 saturated heterocycles. The van der Waals surface area contributed by atoms with Crippen LogP contribution in [0.3, 0.4) is 0 Å². The number of aromatic nitrogens is 5. The third kappa shape index (κ3) is 2.50. The maximum Gasteiger partial charge on any atom is 0.298 e. The van der Waals surface area contributed by atoms with E-state index in [1.807, 2.05) is 42.5 Å². The number of hydrogen-bond acceptors (Lipinski definition) is 6. The van der Waals surface area contributed by atoms with E-state index < -0.39 is 0 Å². The molecule has 150 valence electrons. The average molecular weight is 400 g/mol. The van der Waals surface area contributed by atoms with E-state index in [4.69, 9.17) is 9.40 Å². The summed E-state index contributed by atoms with van der Waals surface area (Å²) in [6, 6.07) is 13.6. The number of rotatable bonds is 4. The zero-order valence-corrected chi connectivity index (χ0v) is 16.6. The molecule has 8 nitrogen and oxygen atoms in total. The molecule has 0 unspecified atom stereocenters. The quantitative estimate of drug-likeness (QED) is 0.460. The fourth-order valence-corrected chi connectivity index (χ4v) is 4.20. The van der Waals surface area contributed by atoms with Gasteiger partial charge in [-0.25, -0.2) is 9.67 Å². The molecule has 4 heterocycles. The van der Waals surface area contributed by atoms with Gasteiger partial charge in [0.25, 0.3) is 5.56 Å². The highest BCUT2D eigenvalue weighted by Gasteiger charge is 2.25. The van der Waals surface area contributed by atoms with E-state index >= 15 is 0 Å². The Kier molecular flexibility index (Phi) is 3.76. The molecule has 2 aromatic carbocycles. The van der Waals surface area contributed by atoms with Crippen LogP contribution < -0.4 is 5.56 Å². The Morgan fingerprint density at radius 1 is 1.17 bits per heavy atom. The molecule has 0 spiro atoms. The van der Waals surface area contributed by atoms with Crippen LogP contribution in [-0.2, 0) is 13.2 Å². The van der Waals surface area contributed by atoms with Crippen LogP contribution >= 0.6 is 0 Å². The van der Waals surface area contributed by atoms with E-state index in [0.29, 0.717) is 29.9 Å². The summed E-state index contributed by atoms with van der Waals surface area (Å²) in [5, 5.41) is 9.34. The normalized spacial score (nSPS) is 14.3. The van der Waals surface area contributed by atoms with Gasteiger partial charge in [-0.15, -0.1) is 5.10 Å². The average Bonchev–Trinajstić information content (AvgIpc) is 3.47. The summed E-state index contributed by atoms with van der Waals surface area (Å²) in [5.41, 5.74) is 4.07. The minimum absolute atomic E-state index is 0.113. The van der Waals surface area contributed by atoms with Crippen LogP contribution in [0.4, 0.5) is 0 Å². The first kappa shape index (κ1) is 17.3. The first-order valence-electron chi connectivity index (χ1n) is 10.2. The molecule has 0 saturated carbocycles. The fourth-order valence-electron chi connectivity index (χ4n) is 4.20. The Morgan fingerprint density at radius 3 is 2.97 bits per heavy atom. The van der Waals surface area contributed by atoms with Gasteiger partial charge in [-0.1, -0.05) is 30.7 Å². The number of hydrogen-bond donors (Lipinski definition) is 0. The molecule has 0 bridgehead atoms. The molecule has 0 fully saturated rings. The van der Waals surface area contributed by atoms with Gasteiger partial charge in [-0.05, 0) is 36.8 Å². The number of furan rings is 1. The van der Waals surface area contributed by atoms with Crippen molar-refractivity contribution in [3.05, 3.63) is 58.6 Å². The van der Waals surface area contributed by atoms with Gasteiger partial charge in [0, 0.05) is 11.9 Å². The number of fused-ring (bicyclic) bond motifs is 5. The van der Waals surface area contributed by atoms with Crippen LogP contribution in [0.25, 0.3) is 38.8 Å². The lowest BCUT2D eigenvalue weighted by Crippen LogP contribution is -2.24. The van der Waals surface area contributed by atoms with Crippen LogP contribution in [-0.4, -0.2) is 36.0 Å². The lowest BCUT2D eigenvalue weighted by molar-refractivity contribution is 0.251. The van der Waals surface area contributed by atoms with Gasteiger partial charge in [0.15, 0.2) is 0 Å². The van der Waals surface area contributed by atoms with Crippen molar-refractivity contribution in [1.29, 1.82) is 0 Å². The highest BCUT2D eigenvalue weighted by Crippen LogP contribution is 2.29. The van der Waals surface area contributed by atoms with Crippen LogP contribution in [0.1, 0.15) is 25.6 Å². The molecule has 6 rings (SSSR count). The van der Waals surface area contributed by atoms with Gasteiger partial charge in [-0.2, -0.15) is 0 Å². The zero-order chi connectivity index (χ0) is 20.2. The third-order valence-corrected chi connectivity index (χ3v) is 5.77. The smallest absolute Gasteiger partial charge is 0.298 e. The second-order valence-corrected chi connectivity index (χ2v) is 7.76. The van der Waals surface area contributed by atoms with Crippen LogP contribution in [0.2, 0.25) is 0 Å². The topological polar surface area (TPSA) is 82.0 Å². The molecule has 1 aliphatic rings. The van der Waals surface area contributed by atoms with Gasteiger partial charge >= 0.3 is 0 Å². The summed E-state index contributed by atoms with van der Waals surface area (Å²) in [6.07, 6.45) is 2.24. The first-order valence-corrected chi connectivity index (χ1v) is 10.2. The highest BCUT2D eigenvalue weighted by molar-refractivity contribution is 6.03. The molecule has 0 atom stereocenters. The number of para-hydroxylation sites is 1. The molecule has 5 aromatic rings. The summed E-state index contributed by atoms with van der Waals surface area (Å²) in [6.45, 7) is 4.39. The van der Waals surface area contributed by atoms with Crippen molar-refractivity contribution in [2.45, 2.75) is 33.0 Å². The third-order valence-electron chi connectivity index (χ3n) is 5.77. The van der Waals surface area contributed by atoms with Crippen LogP contribution in [0, 0.1) is 0 Å². The zero-order valence-electron chi connectivity index (χ0n) is 16.6. The van der Waals surface area contributed by atoms with E-state index in [-0.39, 0.29) is 5.56 Å². The summed E-state index contributed by atoms with van der Waals surface area (Å²) in [4.78, 5) is 20.2. The van der Waals surface area contributed by atoms with Gasteiger partial charge < -0.3 is 4.42 Å². The number of benzene rings is 2. The second-order valence-electron chi connectivity index (χ2n) is 7.76. The highest BCUT2D eigenvalue weighted by atomic mass is 16.3. The molecule has 0 amide bonds. The standard InChI is InChI=1S/C22H20N6O2/c1-2-3-10-26-12-19-23-20-15-11-14(28-17-7-5-4-6-16(17)24-25-28)8-9-18(15)30-21(20)22(29)27(19)13-26/h4-9,11H,2-3,10,12-13H2,1H3. The second kappa shape index (κ2) is 6.50. The maximum atomic E-state index is 13.1. The van der Waals surface area contributed by atoms with E-state index in [1.54, 1.807) is 9.25 Å². The van der Waals surface area contributed by atoms with Crippen LogP contribution in [0.5, 0.6) is 0 Å². The Hall–Kier alpha value is -3.52. The van der Waals surface area contributed by atoms with Crippen molar-refractivity contribution >= 4 is 33.1 Å². The van der Waals surface area contributed by atoms with Gasteiger partial charge in [0.05, 0.1) is 24.4 Å². The number of nitrogens with zero attached hydrogens (tertiary/aromatic N) is 6. The molecule has 0 aliphatic carbocycles. The van der Waals surface area contributed by atoms with Gasteiger partial charge in [0.1, 0.15) is 22.4 Å². The van der Waals surface area contributed by atoms with Crippen molar-refractivity contribution in [2.75, 3.05) is 6.54 Å². The SMILES string of the molecule is CCCCN1Cc2nc3c(oc4ccc(-n5nnc6ccccc65)cc43)c(=O)n2C1. The molecule has 0 N–H and O–H groups in total. The van der Waals surface area contributed by atoms with Crippen molar-refractivity contribution in [3.63, 3.8) is 0 Å². The predicted octanol–water partition coefficient (Wildman–Crippen LogP) is 3.45. The predicted molar refractivity (Wildman–Crippen MR) is 114 cm³/mol. The summed E-state index contributed by atoms with van der Waals surface area (Å²) in [7, 11) is 0. The van der Waals surface area contributed by atoms with E-state index in [2.05, 4.69) is 22.1 Å². The largest absolute Gasteiger partial charge is 0.448 e. The molecular formula is C22H20N6O2. The van der Waals surface area contributed by atoms with Gasteiger partial charge in [0.2, 0.25) is 5.58 Å². The van der Waals surface area contributed by atoms with Crippen molar-refractivity contribution < 1.29 is 4.42 Å². The fraction of sp³-hybridized carbons (Fsp3) is 0.273. The Balaban J connectivity index is 1.51.